The molecule has 2 aromatic carbocycles. The molecule has 0 amide bonds. The van der Waals surface area contributed by atoms with Gasteiger partial charge in [-0.1, -0.05) is 30.3 Å². The molecule has 2 heterocycles. The number of hydrogen-bond donors (Lipinski definition) is 0. The number of nitrogens with zero attached hydrogens (tertiary/aromatic N) is 3. The highest BCUT2D eigenvalue weighted by Gasteiger charge is 2.12. The van der Waals surface area contributed by atoms with E-state index in [0.29, 0.717) is 5.56 Å². The van der Waals surface area contributed by atoms with E-state index in [1.807, 2.05) is 47.8 Å². The van der Waals surface area contributed by atoms with Crippen LogP contribution < -0.4 is 4.80 Å². The molecule has 0 fully saturated rings. The van der Waals surface area contributed by atoms with Crippen LogP contribution in [-0.2, 0) is 4.74 Å². The van der Waals surface area contributed by atoms with Gasteiger partial charge in [0.15, 0.2) is 5.76 Å². The molecule has 0 radical (unpaired) electrons. The summed E-state index contributed by atoms with van der Waals surface area (Å²) < 4.78 is 12.4. The number of aromatic nitrogens is 1. The van der Waals surface area contributed by atoms with Crippen molar-refractivity contribution < 1.29 is 13.9 Å². The number of para-hydroxylation sites is 1. The molecule has 6 nitrogen and oxygen atoms in total. The summed E-state index contributed by atoms with van der Waals surface area (Å²) in [6.45, 7) is 0. The first-order chi connectivity index (χ1) is 13.7. The van der Waals surface area contributed by atoms with Crippen LogP contribution >= 0.6 is 11.3 Å². The van der Waals surface area contributed by atoms with E-state index in [4.69, 9.17) is 9.15 Å². The van der Waals surface area contributed by atoms with Crippen molar-refractivity contribution >= 4 is 34.5 Å². The number of furan rings is 1. The minimum atomic E-state index is -0.366. The van der Waals surface area contributed by atoms with Gasteiger partial charge in [-0.2, -0.15) is 5.10 Å². The second-order valence-electron chi connectivity index (χ2n) is 5.95. The Morgan fingerprint density at radius 3 is 2.68 bits per heavy atom. The van der Waals surface area contributed by atoms with Crippen LogP contribution in [0.2, 0.25) is 0 Å². The summed E-state index contributed by atoms with van der Waals surface area (Å²) in [6, 6.07) is 16.9. The van der Waals surface area contributed by atoms with Gasteiger partial charge in [0.2, 0.25) is 4.80 Å². The number of hydrogen-bond acceptors (Lipinski definition) is 6. The topological polar surface area (TPSA) is 69.1 Å². The number of rotatable bonds is 4. The highest BCUT2D eigenvalue weighted by atomic mass is 32.1. The molecule has 0 saturated heterocycles. The Kier molecular flexibility index (Phi) is 4.90. The second-order valence-corrected chi connectivity index (χ2v) is 6.78. The molecule has 0 spiro atoms. The smallest absolute Gasteiger partial charge is 0.337 e. The average molecular weight is 391 g/mol. The van der Waals surface area contributed by atoms with Crippen LogP contribution in [0.25, 0.3) is 22.4 Å². The highest BCUT2D eigenvalue weighted by molar-refractivity contribution is 7.07. The lowest BCUT2D eigenvalue weighted by molar-refractivity contribution is 0.0600. The van der Waals surface area contributed by atoms with Crippen LogP contribution in [0.1, 0.15) is 15.9 Å². The summed E-state index contributed by atoms with van der Waals surface area (Å²) in [5.74, 6) is 0.362. The van der Waals surface area contributed by atoms with Gasteiger partial charge >= 0.3 is 5.97 Å². The molecule has 0 N–H and O–H groups in total. The van der Waals surface area contributed by atoms with Crippen molar-refractivity contribution in [2.45, 2.75) is 0 Å². The number of carbonyl (C=O) groups excluding carboxylic acids is 1. The van der Waals surface area contributed by atoms with Crippen molar-refractivity contribution in [2.24, 2.45) is 10.1 Å². The summed E-state index contributed by atoms with van der Waals surface area (Å²) in [5, 5.41) is 7.59. The standard InChI is InChI=1S/C21H17N3O3S/c1-22-21-24(23-12-14-7-9-15(10-8-14)20(25)26-2)17(13-28-21)19-11-16-5-3-4-6-18(16)27-19/h3-13H,1-2H3. The summed E-state index contributed by atoms with van der Waals surface area (Å²) >= 11 is 1.49. The van der Waals surface area contributed by atoms with Gasteiger partial charge in [-0.05, 0) is 29.8 Å². The number of ether oxygens (including phenoxy) is 1. The van der Waals surface area contributed by atoms with E-state index in [0.717, 1.165) is 32.8 Å². The van der Waals surface area contributed by atoms with Gasteiger partial charge in [-0.25, -0.2) is 9.47 Å². The van der Waals surface area contributed by atoms with Gasteiger partial charge in [0.1, 0.15) is 11.3 Å². The van der Waals surface area contributed by atoms with Gasteiger partial charge in [0.25, 0.3) is 0 Å². The Hall–Kier alpha value is -3.45. The van der Waals surface area contributed by atoms with Crippen molar-refractivity contribution in [1.29, 1.82) is 0 Å². The van der Waals surface area contributed by atoms with Crippen LogP contribution in [0.3, 0.4) is 0 Å². The van der Waals surface area contributed by atoms with E-state index in [-0.39, 0.29) is 5.97 Å². The van der Waals surface area contributed by atoms with Crippen LogP contribution in [-0.4, -0.2) is 31.0 Å². The lowest BCUT2D eigenvalue weighted by atomic mass is 10.1. The van der Waals surface area contributed by atoms with Crippen molar-refractivity contribution in [1.82, 2.24) is 4.68 Å². The first kappa shape index (κ1) is 17.9. The molecule has 0 atom stereocenters. The molecule has 0 unspecified atom stereocenters. The number of esters is 1. The van der Waals surface area contributed by atoms with Crippen molar-refractivity contribution in [3.05, 3.63) is 75.9 Å². The lowest BCUT2D eigenvalue weighted by Gasteiger charge is -2.01. The second kappa shape index (κ2) is 7.66. The van der Waals surface area contributed by atoms with Crippen LogP contribution in [0, 0.1) is 0 Å². The van der Waals surface area contributed by atoms with E-state index in [1.54, 1.807) is 30.1 Å². The van der Waals surface area contributed by atoms with E-state index in [1.165, 1.54) is 18.4 Å². The summed E-state index contributed by atoms with van der Waals surface area (Å²) in [4.78, 5) is 16.6. The molecular formula is C21H17N3O3S. The van der Waals surface area contributed by atoms with Gasteiger partial charge in [-0.3, -0.25) is 4.99 Å². The Bertz CT molecular complexity index is 1200. The van der Waals surface area contributed by atoms with Crippen LogP contribution in [0.4, 0.5) is 0 Å². The third-order valence-electron chi connectivity index (χ3n) is 4.21. The van der Waals surface area contributed by atoms with E-state index in [2.05, 4.69) is 10.1 Å². The molecule has 4 rings (SSSR count). The largest absolute Gasteiger partial charge is 0.465 e. The first-order valence-corrected chi connectivity index (χ1v) is 9.42. The fraction of sp³-hybridized carbons (Fsp3) is 0.0952. The molecule has 0 aliphatic carbocycles. The van der Waals surface area contributed by atoms with E-state index < -0.39 is 0 Å². The molecule has 140 valence electrons. The molecule has 28 heavy (non-hydrogen) atoms. The fourth-order valence-electron chi connectivity index (χ4n) is 2.79. The maximum Gasteiger partial charge on any atom is 0.337 e. The monoisotopic (exact) mass is 391 g/mol. The van der Waals surface area contributed by atoms with E-state index >= 15 is 0 Å². The minimum Gasteiger partial charge on any atom is -0.465 e. The zero-order valence-corrected chi connectivity index (χ0v) is 16.1. The number of thiazole rings is 1. The quantitative estimate of drug-likeness (QED) is 0.387. The van der Waals surface area contributed by atoms with Crippen LogP contribution in [0.5, 0.6) is 0 Å². The molecule has 0 aliphatic heterocycles. The fourth-order valence-corrected chi connectivity index (χ4v) is 3.57. The molecule has 4 aromatic rings. The minimum absolute atomic E-state index is 0.366. The summed E-state index contributed by atoms with van der Waals surface area (Å²) in [7, 11) is 3.09. The molecule has 2 aromatic heterocycles. The van der Waals surface area contributed by atoms with Gasteiger partial charge in [0, 0.05) is 17.8 Å². The first-order valence-electron chi connectivity index (χ1n) is 8.54. The number of carbonyl (C=O) groups is 1. The van der Waals surface area contributed by atoms with Crippen molar-refractivity contribution in [3.8, 4) is 11.5 Å². The predicted octanol–water partition coefficient (Wildman–Crippen LogP) is 4.16. The predicted molar refractivity (Wildman–Crippen MR) is 110 cm³/mol. The number of fused-ring (bicyclic) bond motifs is 1. The average Bonchev–Trinajstić information content (AvgIpc) is 3.35. The van der Waals surface area contributed by atoms with Crippen molar-refractivity contribution in [2.75, 3.05) is 14.2 Å². The molecular weight excluding hydrogens is 374 g/mol. The maximum atomic E-state index is 11.5. The Morgan fingerprint density at radius 2 is 1.96 bits per heavy atom. The third kappa shape index (κ3) is 3.39. The SMILES string of the molecule is CN=c1scc(-c2cc3ccccc3o2)n1N=Cc1ccc(C(=O)OC)cc1. The zero-order valence-electron chi connectivity index (χ0n) is 15.3. The number of methoxy groups -OCH3 is 1. The number of benzene rings is 2. The Morgan fingerprint density at radius 1 is 1.18 bits per heavy atom. The van der Waals surface area contributed by atoms with E-state index in [9.17, 15) is 4.79 Å². The summed E-state index contributed by atoms with van der Waals surface area (Å²) in [6.07, 6.45) is 1.72. The third-order valence-corrected chi connectivity index (χ3v) is 5.12. The molecule has 0 bridgehead atoms. The lowest BCUT2D eigenvalue weighted by Crippen LogP contribution is -2.11. The van der Waals surface area contributed by atoms with Gasteiger partial charge < -0.3 is 9.15 Å². The van der Waals surface area contributed by atoms with Gasteiger partial charge in [0.05, 0.1) is 18.9 Å². The van der Waals surface area contributed by atoms with Gasteiger partial charge in [-0.15, -0.1) is 11.3 Å². The molecule has 7 heteroatoms. The maximum absolute atomic E-state index is 11.5. The Labute approximate surface area is 165 Å². The Balaban J connectivity index is 1.70. The normalized spacial score (nSPS) is 12.1. The summed E-state index contributed by atoms with van der Waals surface area (Å²) in [5.41, 5.74) is 3.00. The van der Waals surface area contributed by atoms with Crippen molar-refractivity contribution in [3.63, 3.8) is 0 Å². The zero-order chi connectivity index (χ0) is 19.5. The van der Waals surface area contributed by atoms with Crippen LogP contribution in [0.15, 0.2) is 74.5 Å². The molecule has 0 aliphatic rings. The molecule has 0 saturated carbocycles. The highest BCUT2D eigenvalue weighted by Crippen LogP contribution is 2.28.